The highest BCUT2D eigenvalue weighted by molar-refractivity contribution is 5.80. The van der Waals surface area contributed by atoms with Crippen LogP contribution in [0, 0.1) is 0 Å². The van der Waals surface area contributed by atoms with Crippen LogP contribution in [-0.4, -0.2) is 5.97 Å². The van der Waals surface area contributed by atoms with Crippen molar-refractivity contribution in [2.24, 2.45) is 0 Å². The summed E-state index contributed by atoms with van der Waals surface area (Å²) in [4.78, 5) is 11.9. The number of allylic oxidation sites excluding steroid dienone is 2. The molecule has 90 valence electrons. The van der Waals surface area contributed by atoms with Crippen LogP contribution in [0.2, 0.25) is 0 Å². The number of carbonyl (C=O) groups is 1. The van der Waals surface area contributed by atoms with Gasteiger partial charge in [0.05, 0.1) is 5.92 Å². The van der Waals surface area contributed by atoms with Gasteiger partial charge in [-0.25, -0.2) is 0 Å². The zero-order valence-corrected chi connectivity index (χ0v) is 10.6. The molecule has 1 aromatic carbocycles. The highest BCUT2D eigenvalue weighted by Gasteiger charge is 2.29. The molecule has 0 N–H and O–H groups in total. The topological polar surface area (TPSA) is 26.3 Å². The Hall–Kier alpha value is -1.57. The largest absolute Gasteiger partial charge is 0.460 e. The fourth-order valence-corrected chi connectivity index (χ4v) is 2.09. The number of esters is 1. The van der Waals surface area contributed by atoms with E-state index in [2.05, 4.69) is 20.8 Å². The summed E-state index contributed by atoms with van der Waals surface area (Å²) in [7, 11) is 0. The fourth-order valence-electron chi connectivity index (χ4n) is 2.09. The van der Waals surface area contributed by atoms with Gasteiger partial charge < -0.3 is 4.74 Å². The normalized spacial score (nSPS) is 18.3. The second-order valence-electron chi connectivity index (χ2n) is 4.84. The Morgan fingerprint density at radius 2 is 2.00 bits per heavy atom. The first-order valence-electron chi connectivity index (χ1n) is 5.97. The monoisotopic (exact) mass is 230 g/mol. The zero-order chi connectivity index (χ0) is 12.4. The van der Waals surface area contributed by atoms with Gasteiger partial charge in [-0.2, -0.15) is 0 Å². The van der Waals surface area contributed by atoms with Crippen LogP contribution in [0.15, 0.2) is 35.4 Å². The van der Waals surface area contributed by atoms with E-state index in [-0.39, 0.29) is 11.9 Å². The molecule has 0 amide bonds. The average Bonchev–Trinajstić information content (AvgIpc) is 2.32. The van der Waals surface area contributed by atoms with E-state index in [0.29, 0.717) is 6.61 Å². The maximum Gasteiger partial charge on any atom is 0.314 e. The summed E-state index contributed by atoms with van der Waals surface area (Å²) < 4.78 is 5.24. The van der Waals surface area contributed by atoms with Crippen molar-refractivity contribution in [2.45, 2.75) is 39.7 Å². The molecule has 17 heavy (non-hydrogen) atoms. The summed E-state index contributed by atoms with van der Waals surface area (Å²) in [5.74, 6) is -0.223. The highest BCUT2D eigenvalue weighted by atomic mass is 16.5. The Morgan fingerprint density at radius 1 is 1.29 bits per heavy atom. The maximum absolute atomic E-state index is 11.9. The van der Waals surface area contributed by atoms with Crippen LogP contribution >= 0.6 is 0 Å². The van der Waals surface area contributed by atoms with Crippen molar-refractivity contribution in [3.8, 4) is 0 Å². The number of fused-ring (bicyclic) bond motifs is 1. The number of hydrogen-bond acceptors (Lipinski definition) is 2. The van der Waals surface area contributed by atoms with Gasteiger partial charge in [0.15, 0.2) is 0 Å². The zero-order valence-electron chi connectivity index (χ0n) is 10.6. The van der Waals surface area contributed by atoms with Gasteiger partial charge in [-0.15, -0.1) is 0 Å². The third-order valence-corrected chi connectivity index (χ3v) is 3.45. The van der Waals surface area contributed by atoms with Gasteiger partial charge in [0.2, 0.25) is 0 Å². The van der Waals surface area contributed by atoms with Crippen molar-refractivity contribution >= 4 is 5.97 Å². The predicted molar refractivity (Wildman–Crippen MR) is 67.6 cm³/mol. The summed E-state index contributed by atoms with van der Waals surface area (Å²) in [5.41, 5.74) is 4.81. The van der Waals surface area contributed by atoms with Crippen LogP contribution < -0.4 is 0 Å². The molecule has 0 bridgehead atoms. The van der Waals surface area contributed by atoms with Gasteiger partial charge in [0.1, 0.15) is 6.61 Å². The van der Waals surface area contributed by atoms with Crippen LogP contribution in [0.3, 0.4) is 0 Å². The molecule has 1 heterocycles. The molecule has 1 unspecified atom stereocenters. The SMILES string of the molecule is CC(C)=C(C)CC1C(=O)OCc2ccccc21. The number of cyclic esters (lactones) is 1. The minimum Gasteiger partial charge on any atom is -0.460 e. The average molecular weight is 230 g/mol. The third kappa shape index (κ3) is 2.41. The molecule has 0 saturated carbocycles. The van der Waals surface area contributed by atoms with Gasteiger partial charge in [-0.1, -0.05) is 35.4 Å². The fraction of sp³-hybridized carbons (Fsp3) is 0.400. The van der Waals surface area contributed by atoms with Gasteiger partial charge in [0, 0.05) is 0 Å². The lowest BCUT2D eigenvalue weighted by Crippen LogP contribution is -2.23. The second kappa shape index (κ2) is 4.74. The smallest absolute Gasteiger partial charge is 0.314 e. The second-order valence-corrected chi connectivity index (χ2v) is 4.84. The summed E-state index contributed by atoms with van der Waals surface area (Å²) in [6.45, 7) is 6.66. The number of hydrogen-bond donors (Lipinski definition) is 0. The van der Waals surface area contributed by atoms with Gasteiger partial charge in [-0.05, 0) is 38.3 Å². The lowest BCUT2D eigenvalue weighted by molar-refractivity contribution is -0.148. The lowest BCUT2D eigenvalue weighted by Gasteiger charge is -2.25. The standard InChI is InChI=1S/C15H18O2/c1-10(2)11(3)8-14-13-7-5-4-6-12(13)9-17-15(14)16/h4-7,14H,8-9H2,1-3H3. The molecule has 0 saturated heterocycles. The Kier molecular flexibility index (Phi) is 3.32. The van der Waals surface area contributed by atoms with Crippen molar-refractivity contribution < 1.29 is 9.53 Å². The van der Waals surface area contributed by atoms with E-state index in [0.717, 1.165) is 17.5 Å². The van der Waals surface area contributed by atoms with Crippen molar-refractivity contribution in [1.29, 1.82) is 0 Å². The molecule has 1 aromatic rings. The molecule has 0 radical (unpaired) electrons. The molecular formula is C15H18O2. The quantitative estimate of drug-likeness (QED) is 0.573. The highest BCUT2D eigenvalue weighted by Crippen LogP contribution is 2.32. The Bertz CT molecular complexity index is 468. The van der Waals surface area contributed by atoms with E-state index >= 15 is 0 Å². The van der Waals surface area contributed by atoms with Gasteiger partial charge in [0.25, 0.3) is 0 Å². The Balaban J connectivity index is 2.34. The van der Waals surface area contributed by atoms with Crippen LogP contribution in [0.25, 0.3) is 0 Å². The number of rotatable bonds is 2. The molecule has 2 rings (SSSR count). The van der Waals surface area contributed by atoms with E-state index in [4.69, 9.17) is 4.74 Å². The first-order valence-corrected chi connectivity index (χ1v) is 5.97. The molecule has 1 aliphatic rings. The molecule has 1 aliphatic heterocycles. The molecule has 0 aromatic heterocycles. The van der Waals surface area contributed by atoms with Gasteiger partial charge in [-0.3, -0.25) is 4.79 Å². The molecular weight excluding hydrogens is 212 g/mol. The van der Waals surface area contributed by atoms with Gasteiger partial charge >= 0.3 is 5.97 Å². The van der Waals surface area contributed by atoms with E-state index in [1.807, 2.05) is 24.3 Å². The van der Waals surface area contributed by atoms with Crippen molar-refractivity contribution in [3.05, 3.63) is 46.5 Å². The molecule has 0 fully saturated rings. The van der Waals surface area contributed by atoms with Crippen LogP contribution in [-0.2, 0) is 16.1 Å². The molecule has 0 spiro atoms. The van der Waals surface area contributed by atoms with Crippen molar-refractivity contribution in [3.63, 3.8) is 0 Å². The minimum atomic E-state index is -0.130. The Morgan fingerprint density at radius 3 is 2.71 bits per heavy atom. The first-order chi connectivity index (χ1) is 8.09. The third-order valence-electron chi connectivity index (χ3n) is 3.45. The van der Waals surface area contributed by atoms with E-state index in [1.54, 1.807) is 0 Å². The molecule has 0 aliphatic carbocycles. The predicted octanol–water partition coefficient (Wildman–Crippen LogP) is 3.57. The molecule has 2 heteroatoms. The number of carbonyl (C=O) groups excluding carboxylic acids is 1. The van der Waals surface area contributed by atoms with Crippen LogP contribution in [0.1, 0.15) is 44.2 Å². The van der Waals surface area contributed by atoms with Crippen molar-refractivity contribution in [1.82, 2.24) is 0 Å². The maximum atomic E-state index is 11.9. The summed E-state index contributed by atoms with van der Waals surface area (Å²) >= 11 is 0. The van der Waals surface area contributed by atoms with E-state index in [1.165, 1.54) is 11.1 Å². The summed E-state index contributed by atoms with van der Waals surface area (Å²) in [5, 5.41) is 0. The summed E-state index contributed by atoms with van der Waals surface area (Å²) in [6.07, 6.45) is 0.762. The van der Waals surface area contributed by atoms with Crippen LogP contribution in [0.5, 0.6) is 0 Å². The van der Waals surface area contributed by atoms with E-state index in [9.17, 15) is 4.79 Å². The molecule has 2 nitrogen and oxygen atoms in total. The number of ether oxygens (including phenoxy) is 1. The summed E-state index contributed by atoms with van der Waals surface area (Å²) in [6, 6.07) is 8.05. The van der Waals surface area contributed by atoms with Crippen LogP contribution in [0.4, 0.5) is 0 Å². The Labute approximate surface area is 102 Å². The lowest BCUT2D eigenvalue weighted by atomic mass is 9.87. The molecule has 1 atom stereocenters. The number of benzene rings is 1. The van der Waals surface area contributed by atoms with E-state index < -0.39 is 0 Å². The minimum absolute atomic E-state index is 0.0932. The first kappa shape index (κ1) is 11.9. The van der Waals surface area contributed by atoms with Crippen molar-refractivity contribution in [2.75, 3.05) is 0 Å².